The van der Waals surface area contributed by atoms with Crippen LogP contribution in [-0.4, -0.2) is 38.8 Å². The summed E-state index contributed by atoms with van der Waals surface area (Å²) in [6.45, 7) is 1.60. The largest absolute Gasteiger partial charge is 0.342 e. The number of hydrogen-bond donors (Lipinski definition) is 1. The predicted molar refractivity (Wildman–Crippen MR) is 97.4 cm³/mol. The summed E-state index contributed by atoms with van der Waals surface area (Å²) in [5.41, 5.74) is 3.18. The molecule has 0 radical (unpaired) electrons. The number of piperidine rings is 1. The number of H-pyrrole nitrogens is 1. The zero-order chi connectivity index (χ0) is 17.7. The van der Waals surface area contributed by atoms with Crippen LogP contribution in [0.25, 0.3) is 21.9 Å². The van der Waals surface area contributed by atoms with Gasteiger partial charge in [0.15, 0.2) is 0 Å². The van der Waals surface area contributed by atoms with Crippen LogP contribution in [0.15, 0.2) is 24.4 Å². The van der Waals surface area contributed by atoms with E-state index >= 15 is 0 Å². The molecule has 0 spiro atoms. The zero-order valence-corrected chi connectivity index (χ0v) is 14.4. The number of nitrogens with one attached hydrogen (secondary N) is 1. The normalized spacial score (nSPS) is 20.4. The molecule has 6 nitrogen and oxygen atoms in total. The molecule has 1 aromatic carbocycles. The molecule has 1 amide bonds. The average Bonchev–Trinajstić information content (AvgIpc) is 3.44. The molecule has 130 valence electrons. The number of imidazole rings is 1. The fourth-order valence-electron chi connectivity index (χ4n) is 3.93. The van der Waals surface area contributed by atoms with E-state index in [4.69, 9.17) is 4.98 Å². The minimum atomic E-state index is 0.230. The highest BCUT2D eigenvalue weighted by Gasteiger charge is 2.36. The average molecular weight is 345 g/mol. The number of pyridine rings is 1. The Morgan fingerprint density at radius 3 is 3.00 bits per heavy atom. The van der Waals surface area contributed by atoms with Crippen molar-refractivity contribution in [1.82, 2.24) is 19.9 Å². The van der Waals surface area contributed by atoms with Crippen molar-refractivity contribution in [2.45, 2.75) is 31.6 Å². The van der Waals surface area contributed by atoms with Crippen molar-refractivity contribution in [1.29, 1.82) is 5.26 Å². The van der Waals surface area contributed by atoms with E-state index in [-0.39, 0.29) is 11.8 Å². The number of amides is 1. The smallest absolute Gasteiger partial charge is 0.225 e. The first kappa shape index (κ1) is 15.3. The summed E-state index contributed by atoms with van der Waals surface area (Å²) in [4.78, 5) is 27.2. The van der Waals surface area contributed by atoms with Gasteiger partial charge in [0.05, 0.1) is 34.4 Å². The maximum atomic E-state index is 12.4. The van der Waals surface area contributed by atoms with Gasteiger partial charge in [0.1, 0.15) is 5.82 Å². The third-order valence-electron chi connectivity index (χ3n) is 5.51. The molecule has 2 aromatic heterocycles. The zero-order valence-electron chi connectivity index (χ0n) is 14.4. The van der Waals surface area contributed by atoms with Gasteiger partial charge in [-0.3, -0.25) is 9.78 Å². The fourth-order valence-corrected chi connectivity index (χ4v) is 3.93. The number of benzene rings is 1. The van der Waals surface area contributed by atoms with Crippen LogP contribution in [-0.2, 0) is 4.79 Å². The lowest BCUT2D eigenvalue weighted by atomic mass is 9.97. The van der Waals surface area contributed by atoms with Gasteiger partial charge in [-0.25, -0.2) is 4.98 Å². The van der Waals surface area contributed by atoms with Crippen LogP contribution in [0.1, 0.15) is 43.0 Å². The summed E-state index contributed by atoms with van der Waals surface area (Å²) in [6, 6.07) is 7.66. The number of aromatic amines is 1. The summed E-state index contributed by atoms with van der Waals surface area (Å²) >= 11 is 0. The van der Waals surface area contributed by atoms with Crippen molar-refractivity contribution in [3.63, 3.8) is 0 Å². The van der Waals surface area contributed by atoms with Crippen molar-refractivity contribution in [3.8, 4) is 6.07 Å². The van der Waals surface area contributed by atoms with Crippen molar-refractivity contribution in [2.75, 3.05) is 13.1 Å². The van der Waals surface area contributed by atoms with Crippen LogP contribution in [0, 0.1) is 17.2 Å². The molecule has 1 aliphatic carbocycles. The molecule has 26 heavy (non-hydrogen) atoms. The number of carbonyl (C=O) groups is 1. The van der Waals surface area contributed by atoms with Crippen LogP contribution in [0.2, 0.25) is 0 Å². The van der Waals surface area contributed by atoms with Gasteiger partial charge >= 0.3 is 0 Å². The summed E-state index contributed by atoms with van der Waals surface area (Å²) in [7, 11) is 0. The lowest BCUT2D eigenvalue weighted by Gasteiger charge is -2.32. The topological polar surface area (TPSA) is 85.7 Å². The number of rotatable bonds is 2. The van der Waals surface area contributed by atoms with Crippen molar-refractivity contribution >= 4 is 27.8 Å². The van der Waals surface area contributed by atoms with Gasteiger partial charge in [-0.1, -0.05) is 0 Å². The Balaban J connectivity index is 1.51. The molecule has 2 fully saturated rings. The Morgan fingerprint density at radius 2 is 2.19 bits per heavy atom. The Labute approximate surface area is 150 Å². The van der Waals surface area contributed by atoms with E-state index in [1.807, 2.05) is 17.0 Å². The SMILES string of the molecule is N#Cc1ccc2ncc3[nH]c([C@@H]4CCCN(C(=O)C5CC5)C4)nc3c2c1. The second kappa shape index (κ2) is 5.80. The van der Waals surface area contributed by atoms with Crippen molar-refractivity contribution in [3.05, 3.63) is 35.8 Å². The van der Waals surface area contributed by atoms with Gasteiger partial charge in [0.2, 0.25) is 5.91 Å². The van der Waals surface area contributed by atoms with E-state index in [0.29, 0.717) is 11.5 Å². The number of nitrogens with zero attached hydrogens (tertiary/aromatic N) is 4. The van der Waals surface area contributed by atoms with E-state index in [2.05, 4.69) is 16.0 Å². The van der Waals surface area contributed by atoms with Gasteiger partial charge in [0, 0.05) is 30.3 Å². The molecule has 2 aliphatic rings. The highest BCUT2D eigenvalue weighted by Crippen LogP contribution is 2.34. The maximum Gasteiger partial charge on any atom is 0.225 e. The molecular formula is C20H19N5O. The van der Waals surface area contributed by atoms with Gasteiger partial charge < -0.3 is 9.88 Å². The van der Waals surface area contributed by atoms with Crippen LogP contribution in [0.4, 0.5) is 0 Å². The number of carbonyl (C=O) groups excluding carboxylic acids is 1. The molecule has 3 aromatic rings. The van der Waals surface area contributed by atoms with E-state index in [1.54, 1.807) is 12.3 Å². The lowest BCUT2D eigenvalue weighted by molar-refractivity contribution is -0.133. The van der Waals surface area contributed by atoms with Crippen LogP contribution < -0.4 is 0 Å². The monoisotopic (exact) mass is 345 g/mol. The Morgan fingerprint density at radius 1 is 1.31 bits per heavy atom. The predicted octanol–water partition coefficient (Wildman–Crippen LogP) is 3.10. The Kier molecular flexibility index (Phi) is 3.42. The van der Waals surface area contributed by atoms with E-state index in [1.165, 1.54) is 0 Å². The summed E-state index contributed by atoms with van der Waals surface area (Å²) in [6.07, 6.45) is 5.93. The second-order valence-corrected chi connectivity index (χ2v) is 7.38. The standard InChI is InChI=1S/C20H19N5O/c21-9-12-3-6-16-15(8-12)18-17(10-22-16)23-19(24-18)14-2-1-7-25(11-14)20(26)13-4-5-13/h3,6,8,10,13-14H,1-2,4-5,7,11H2,(H,23,24)/t14-/m1/s1. The third-order valence-corrected chi connectivity index (χ3v) is 5.51. The summed E-state index contributed by atoms with van der Waals surface area (Å²) in [5, 5.41) is 10.1. The number of likely N-dealkylation sites (tertiary alicyclic amines) is 1. The third kappa shape index (κ3) is 2.51. The fraction of sp³-hybridized carbons (Fsp3) is 0.400. The van der Waals surface area contributed by atoms with Gasteiger partial charge in [-0.2, -0.15) is 5.26 Å². The second-order valence-electron chi connectivity index (χ2n) is 7.38. The Hall–Kier alpha value is -2.94. The van der Waals surface area contributed by atoms with E-state index in [0.717, 1.165) is 66.5 Å². The van der Waals surface area contributed by atoms with Gasteiger partial charge in [-0.05, 0) is 43.9 Å². The van der Waals surface area contributed by atoms with E-state index in [9.17, 15) is 10.1 Å². The van der Waals surface area contributed by atoms with Crippen LogP contribution >= 0.6 is 0 Å². The number of hydrogen-bond acceptors (Lipinski definition) is 4. The van der Waals surface area contributed by atoms with E-state index < -0.39 is 0 Å². The van der Waals surface area contributed by atoms with Gasteiger partial charge in [0.25, 0.3) is 0 Å². The molecule has 3 heterocycles. The molecule has 0 unspecified atom stereocenters. The number of aromatic nitrogens is 3. The van der Waals surface area contributed by atoms with Crippen LogP contribution in [0.5, 0.6) is 0 Å². The molecule has 0 bridgehead atoms. The minimum absolute atomic E-state index is 0.230. The van der Waals surface area contributed by atoms with Crippen molar-refractivity contribution in [2.24, 2.45) is 5.92 Å². The molecule has 1 N–H and O–H groups in total. The Bertz CT molecular complexity index is 1060. The molecular weight excluding hydrogens is 326 g/mol. The minimum Gasteiger partial charge on any atom is -0.342 e. The van der Waals surface area contributed by atoms with Crippen LogP contribution in [0.3, 0.4) is 0 Å². The first-order valence-electron chi connectivity index (χ1n) is 9.20. The quantitative estimate of drug-likeness (QED) is 0.773. The molecule has 6 heteroatoms. The molecule has 5 rings (SSSR count). The first-order chi connectivity index (χ1) is 12.7. The molecule has 1 atom stereocenters. The highest BCUT2D eigenvalue weighted by atomic mass is 16.2. The van der Waals surface area contributed by atoms with Crippen molar-refractivity contribution < 1.29 is 4.79 Å². The summed E-state index contributed by atoms with van der Waals surface area (Å²) < 4.78 is 0. The highest BCUT2D eigenvalue weighted by molar-refractivity contribution is 6.02. The number of fused-ring (bicyclic) bond motifs is 3. The molecule has 1 aliphatic heterocycles. The lowest BCUT2D eigenvalue weighted by Crippen LogP contribution is -2.40. The molecule has 1 saturated heterocycles. The maximum absolute atomic E-state index is 12.4. The number of nitriles is 1. The van der Waals surface area contributed by atoms with Gasteiger partial charge in [-0.15, -0.1) is 0 Å². The first-order valence-corrected chi connectivity index (χ1v) is 9.20. The summed E-state index contributed by atoms with van der Waals surface area (Å²) in [5.74, 6) is 1.73. The molecule has 1 saturated carbocycles.